The lowest BCUT2D eigenvalue weighted by molar-refractivity contribution is 0.0170. The zero-order valence-corrected chi connectivity index (χ0v) is 18.9. The second kappa shape index (κ2) is 13.0. The summed E-state index contributed by atoms with van der Waals surface area (Å²) in [5.41, 5.74) is 2.16. The van der Waals surface area contributed by atoms with Crippen molar-refractivity contribution in [2.45, 2.75) is 12.6 Å². The van der Waals surface area contributed by atoms with Gasteiger partial charge in [-0.05, 0) is 35.4 Å². The fourth-order valence-electron chi connectivity index (χ4n) is 3.62. The van der Waals surface area contributed by atoms with Gasteiger partial charge in [0.2, 0.25) is 0 Å². The summed E-state index contributed by atoms with van der Waals surface area (Å²) in [7, 11) is 3.41. The van der Waals surface area contributed by atoms with Crippen molar-refractivity contribution < 1.29 is 18.6 Å². The molecule has 1 atom stereocenters. The monoisotopic (exact) mass is 444 g/mol. The van der Waals surface area contributed by atoms with Crippen LogP contribution in [0.5, 0.6) is 5.75 Å². The minimum absolute atomic E-state index is 0.0931. The molecule has 1 unspecified atom stereocenters. The number of morpholine rings is 1. The summed E-state index contributed by atoms with van der Waals surface area (Å²) in [6.07, 6.45) is 0. The zero-order chi connectivity index (χ0) is 22.6. The zero-order valence-electron chi connectivity index (χ0n) is 18.9. The van der Waals surface area contributed by atoms with Crippen LogP contribution in [-0.4, -0.2) is 71.1 Å². The van der Waals surface area contributed by atoms with Crippen molar-refractivity contribution in [3.63, 3.8) is 0 Å². The summed E-state index contributed by atoms with van der Waals surface area (Å²) >= 11 is 0. The fourth-order valence-corrected chi connectivity index (χ4v) is 3.62. The van der Waals surface area contributed by atoms with Crippen molar-refractivity contribution >= 4 is 5.96 Å². The van der Waals surface area contributed by atoms with Crippen LogP contribution in [0, 0.1) is 5.82 Å². The van der Waals surface area contributed by atoms with Gasteiger partial charge in [0.05, 0.1) is 25.9 Å². The number of methoxy groups -OCH3 is 1. The van der Waals surface area contributed by atoms with Crippen LogP contribution in [0.15, 0.2) is 53.5 Å². The predicted octanol–water partition coefficient (Wildman–Crippen LogP) is 2.59. The fraction of sp³-hybridized carbons (Fsp3) is 0.458. The Morgan fingerprint density at radius 2 is 1.91 bits per heavy atom. The van der Waals surface area contributed by atoms with Crippen LogP contribution in [0.25, 0.3) is 0 Å². The summed E-state index contributed by atoms with van der Waals surface area (Å²) in [6.45, 7) is 5.41. The predicted molar refractivity (Wildman–Crippen MR) is 124 cm³/mol. The van der Waals surface area contributed by atoms with E-state index in [2.05, 4.69) is 20.5 Å². The lowest BCUT2D eigenvalue weighted by atomic mass is 10.0. The van der Waals surface area contributed by atoms with Gasteiger partial charge in [-0.1, -0.05) is 24.3 Å². The number of hydrogen-bond acceptors (Lipinski definition) is 5. The topological polar surface area (TPSA) is 67.4 Å². The van der Waals surface area contributed by atoms with E-state index < -0.39 is 0 Å². The van der Waals surface area contributed by atoms with E-state index in [0.717, 1.165) is 30.0 Å². The first-order chi connectivity index (χ1) is 15.7. The summed E-state index contributed by atoms with van der Waals surface area (Å²) in [5.74, 6) is 1.29. The molecular formula is C24H33FN4O3. The molecule has 1 saturated heterocycles. The second-order valence-corrected chi connectivity index (χ2v) is 7.51. The third-order valence-electron chi connectivity index (χ3n) is 5.34. The normalized spacial score (nSPS) is 15.9. The third kappa shape index (κ3) is 7.47. The largest absolute Gasteiger partial charge is 0.491 e. The molecule has 174 valence electrons. The highest BCUT2D eigenvalue weighted by atomic mass is 19.1. The highest BCUT2D eigenvalue weighted by Crippen LogP contribution is 2.21. The summed E-state index contributed by atoms with van der Waals surface area (Å²) in [4.78, 5) is 6.71. The molecule has 3 rings (SSSR count). The molecule has 1 fully saturated rings. The molecule has 0 bridgehead atoms. The van der Waals surface area contributed by atoms with Gasteiger partial charge in [0.15, 0.2) is 5.96 Å². The quantitative estimate of drug-likeness (QED) is 0.334. The first kappa shape index (κ1) is 24.0. The van der Waals surface area contributed by atoms with E-state index in [9.17, 15) is 4.39 Å². The van der Waals surface area contributed by atoms with Crippen molar-refractivity contribution in [2.24, 2.45) is 4.99 Å². The Hall–Kier alpha value is -2.68. The molecule has 7 nitrogen and oxygen atoms in total. The number of ether oxygens (including phenoxy) is 3. The Kier molecular flexibility index (Phi) is 9.74. The maximum atomic E-state index is 13.4. The summed E-state index contributed by atoms with van der Waals surface area (Å²) < 4.78 is 29.7. The smallest absolute Gasteiger partial charge is 0.191 e. The molecular weight excluding hydrogens is 411 g/mol. The van der Waals surface area contributed by atoms with Gasteiger partial charge in [0.1, 0.15) is 18.2 Å². The van der Waals surface area contributed by atoms with E-state index in [-0.39, 0.29) is 11.9 Å². The molecule has 0 spiro atoms. The van der Waals surface area contributed by atoms with Crippen LogP contribution in [0.3, 0.4) is 0 Å². The van der Waals surface area contributed by atoms with Crippen LogP contribution in [0.4, 0.5) is 4.39 Å². The maximum Gasteiger partial charge on any atom is 0.191 e. The van der Waals surface area contributed by atoms with E-state index in [0.29, 0.717) is 45.5 Å². The number of rotatable bonds is 10. The molecule has 2 aromatic rings. The van der Waals surface area contributed by atoms with E-state index >= 15 is 0 Å². The number of nitrogens with zero attached hydrogens (tertiary/aromatic N) is 2. The van der Waals surface area contributed by atoms with Crippen LogP contribution < -0.4 is 15.4 Å². The van der Waals surface area contributed by atoms with Crippen LogP contribution in [-0.2, 0) is 16.0 Å². The Morgan fingerprint density at radius 3 is 2.62 bits per heavy atom. The van der Waals surface area contributed by atoms with E-state index in [1.54, 1.807) is 14.2 Å². The molecule has 1 heterocycles. The average Bonchev–Trinajstić information content (AvgIpc) is 2.83. The summed E-state index contributed by atoms with van der Waals surface area (Å²) in [6, 6.07) is 14.8. The molecule has 2 N–H and O–H groups in total. The SMILES string of the molecule is CN=C(NCc1cccc(OCCOC)c1)NCC(c1ccc(F)cc1)N1CCOCC1. The Morgan fingerprint density at radius 1 is 1.12 bits per heavy atom. The van der Waals surface area contributed by atoms with Crippen molar-refractivity contribution in [1.82, 2.24) is 15.5 Å². The van der Waals surface area contributed by atoms with Gasteiger partial charge in [-0.25, -0.2) is 4.39 Å². The van der Waals surface area contributed by atoms with Gasteiger partial charge >= 0.3 is 0 Å². The number of nitrogens with one attached hydrogen (secondary N) is 2. The lowest BCUT2D eigenvalue weighted by Crippen LogP contribution is -2.46. The van der Waals surface area contributed by atoms with Crippen molar-refractivity contribution in [1.29, 1.82) is 0 Å². The van der Waals surface area contributed by atoms with Gasteiger partial charge in [-0.2, -0.15) is 0 Å². The number of hydrogen-bond donors (Lipinski definition) is 2. The van der Waals surface area contributed by atoms with Crippen molar-refractivity contribution in [2.75, 3.05) is 60.2 Å². The lowest BCUT2D eigenvalue weighted by Gasteiger charge is -2.35. The third-order valence-corrected chi connectivity index (χ3v) is 5.34. The number of guanidine groups is 1. The molecule has 0 saturated carbocycles. The first-order valence-corrected chi connectivity index (χ1v) is 10.9. The van der Waals surface area contributed by atoms with Crippen molar-refractivity contribution in [3.05, 3.63) is 65.5 Å². The minimum Gasteiger partial charge on any atom is -0.491 e. The van der Waals surface area contributed by atoms with Crippen LogP contribution >= 0.6 is 0 Å². The van der Waals surface area contributed by atoms with Gasteiger partial charge < -0.3 is 24.8 Å². The van der Waals surface area contributed by atoms with Gasteiger partial charge in [0.25, 0.3) is 0 Å². The molecule has 8 heteroatoms. The molecule has 32 heavy (non-hydrogen) atoms. The number of halogens is 1. The molecule has 2 aromatic carbocycles. The Labute approximate surface area is 189 Å². The number of benzene rings is 2. The molecule has 0 aliphatic carbocycles. The van der Waals surface area contributed by atoms with Crippen molar-refractivity contribution in [3.8, 4) is 5.75 Å². The highest BCUT2D eigenvalue weighted by Gasteiger charge is 2.23. The maximum absolute atomic E-state index is 13.4. The number of aliphatic imine (C=N–C) groups is 1. The second-order valence-electron chi connectivity index (χ2n) is 7.51. The average molecular weight is 445 g/mol. The molecule has 0 aromatic heterocycles. The van der Waals surface area contributed by atoms with Crippen LogP contribution in [0.1, 0.15) is 17.2 Å². The first-order valence-electron chi connectivity index (χ1n) is 10.9. The van der Waals surface area contributed by atoms with E-state index in [1.807, 2.05) is 36.4 Å². The summed E-state index contributed by atoms with van der Waals surface area (Å²) in [5, 5.41) is 6.78. The minimum atomic E-state index is -0.228. The van der Waals surface area contributed by atoms with E-state index in [4.69, 9.17) is 14.2 Å². The highest BCUT2D eigenvalue weighted by molar-refractivity contribution is 5.79. The Bertz CT molecular complexity index is 841. The van der Waals surface area contributed by atoms with Gasteiger partial charge in [-0.3, -0.25) is 9.89 Å². The Balaban J connectivity index is 1.57. The molecule has 1 aliphatic rings. The van der Waals surface area contributed by atoms with Gasteiger partial charge in [-0.15, -0.1) is 0 Å². The molecule has 1 aliphatic heterocycles. The van der Waals surface area contributed by atoms with Gasteiger partial charge in [0, 0.05) is 40.3 Å². The standard InChI is InChI=1S/C24H33FN4O3/c1-26-24(27-17-19-4-3-5-22(16-19)32-15-14-30-2)28-18-23(29-10-12-31-13-11-29)20-6-8-21(25)9-7-20/h3-9,16,23H,10-15,17-18H2,1-2H3,(H2,26,27,28). The molecule has 0 radical (unpaired) electrons. The van der Waals surface area contributed by atoms with Crippen LogP contribution in [0.2, 0.25) is 0 Å². The van der Waals surface area contributed by atoms with E-state index in [1.165, 1.54) is 12.1 Å². The molecule has 0 amide bonds.